The second-order valence-electron chi connectivity index (χ2n) is 7.29. The molecule has 0 aromatic heterocycles. The van der Waals surface area contributed by atoms with Crippen LogP contribution in [0.4, 0.5) is 5.69 Å². The van der Waals surface area contributed by atoms with E-state index in [9.17, 15) is 0 Å². The summed E-state index contributed by atoms with van der Waals surface area (Å²) in [6, 6.07) is 16.9. The number of hydrogen-bond donors (Lipinski definition) is 1. The molecule has 0 fully saturated rings. The summed E-state index contributed by atoms with van der Waals surface area (Å²) in [4.78, 5) is 0. The second kappa shape index (κ2) is 7.54. The van der Waals surface area contributed by atoms with E-state index in [1.165, 1.54) is 16.8 Å². The van der Waals surface area contributed by atoms with Crippen LogP contribution in [0.15, 0.2) is 48.5 Å². The Balaban J connectivity index is 1.84. The lowest BCUT2D eigenvalue weighted by Crippen LogP contribution is -2.13. The van der Waals surface area contributed by atoms with Gasteiger partial charge in [-0.2, -0.15) is 0 Å². The number of hydrogen-bond acceptors (Lipinski definition) is 2. The molecule has 23 heavy (non-hydrogen) atoms. The first-order valence-corrected chi connectivity index (χ1v) is 8.44. The van der Waals surface area contributed by atoms with E-state index in [4.69, 9.17) is 4.74 Å². The van der Waals surface area contributed by atoms with Crippen molar-refractivity contribution in [1.82, 2.24) is 0 Å². The zero-order valence-electron chi connectivity index (χ0n) is 15.0. The predicted octanol–water partition coefficient (Wildman–Crippen LogP) is 5.60. The van der Waals surface area contributed by atoms with Crippen LogP contribution in [0, 0.1) is 0 Å². The topological polar surface area (TPSA) is 21.3 Å². The minimum Gasteiger partial charge on any atom is -0.492 e. The first kappa shape index (κ1) is 17.4. The van der Waals surface area contributed by atoms with Crippen molar-refractivity contribution in [3.63, 3.8) is 0 Å². The number of benzene rings is 2. The van der Waals surface area contributed by atoms with Crippen molar-refractivity contribution in [2.75, 3.05) is 18.5 Å². The summed E-state index contributed by atoms with van der Waals surface area (Å²) in [6.45, 7) is 12.5. The van der Waals surface area contributed by atoms with Crippen LogP contribution in [0.2, 0.25) is 0 Å². The maximum absolute atomic E-state index is 5.83. The van der Waals surface area contributed by atoms with Gasteiger partial charge in [-0.05, 0) is 40.7 Å². The Bertz CT molecular complexity index is 608. The van der Waals surface area contributed by atoms with E-state index < -0.39 is 0 Å². The quantitative estimate of drug-likeness (QED) is 0.701. The third-order valence-electron chi connectivity index (χ3n) is 3.99. The van der Waals surface area contributed by atoms with Crippen LogP contribution in [-0.4, -0.2) is 13.2 Å². The van der Waals surface area contributed by atoms with Crippen LogP contribution in [0.5, 0.6) is 5.75 Å². The van der Waals surface area contributed by atoms with Crippen molar-refractivity contribution < 1.29 is 4.74 Å². The first-order chi connectivity index (χ1) is 10.9. The van der Waals surface area contributed by atoms with E-state index in [0.717, 1.165) is 12.3 Å². The van der Waals surface area contributed by atoms with Crippen molar-refractivity contribution >= 4 is 5.69 Å². The van der Waals surface area contributed by atoms with Gasteiger partial charge >= 0.3 is 0 Å². The molecular weight excluding hydrogens is 282 g/mol. The largest absolute Gasteiger partial charge is 0.492 e. The van der Waals surface area contributed by atoms with Crippen LogP contribution in [-0.2, 0) is 5.41 Å². The van der Waals surface area contributed by atoms with Crippen molar-refractivity contribution in [3.05, 3.63) is 59.7 Å². The van der Waals surface area contributed by atoms with E-state index in [-0.39, 0.29) is 5.41 Å². The fraction of sp³-hybridized carbons (Fsp3) is 0.429. The smallest absolute Gasteiger partial charge is 0.119 e. The highest BCUT2D eigenvalue weighted by Gasteiger charge is 2.12. The highest BCUT2D eigenvalue weighted by Crippen LogP contribution is 2.25. The van der Waals surface area contributed by atoms with Crippen molar-refractivity contribution in [3.8, 4) is 5.75 Å². The van der Waals surface area contributed by atoms with Crippen molar-refractivity contribution in [2.45, 2.75) is 46.0 Å². The molecule has 0 spiro atoms. The molecule has 2 aromatic rings. The van der Waals surface area contributed by atoms with Crippen LogP contribution >= 0.6 is 0 Å². The summed E-state index contributed by atoms with van der Waals surface area (Å²) >= 11 is 0. The molecule has 0 radical (unpaired) electrons. The van der Waals surface area contributed by atoms with Gasteiger partial charge in [0.25, 0.3) is 0 Å². The number of ether oxygens (including phenoxy) is 1. The van der Waals surface area contributed by atoms with Crippen LogP contribution < -0.4 is 10.1 Å². The third-order valence-corrected chi connectivity index (χ3v) is 3.99. The summed E-state index contributed by atoms with van der Waals surface area (Å²) in [5, 5.41) is 3.48. The summed E-state index contributed by atoms with van der Waals surface area (Å²) in [6.07, 6.45) is 0. The minimum atomic E-state index is 0.181. The zero-order valence-corrected chi connectivity index (χ0v) is 15.0. The van der Waals surface area contributed by atoms with Crippen molar-refractivity contribution in [1.29, 1.82) is 0 Å². The Hall–Kier alpha value is -1.96. The molecule has 0 amide bonds. The molecule has 0 atom stereocenters. The number of rotatable bonds is 6. The normalized spacial score (nSPS) is 11.6. The lowest BCUT2D eigenvalue weighted by Gasteiger charge is -2.19. The molecule has 0 heterocycles. The average molecular weight is 311 g/mol. The molecule has 0 saturated carbocycles. The van der Waals surface area contributed by atoms with Gasteiger partial charge in [0.2, 0.25) is 0 Å². The van der Waals surface area contributed by atoms with Crippen LogP contribution in [0.25, 0.3) is 0 Å². The Morgan fingerprint density at radius 1 is 0.957 bits per heavy atom. The highest BCUT2D eigenvalue weighted by atomic mass is 16.5. The van der Waals surface area contributed by atoms with E-state index in [1.54, 1.807) is 0 Å². The molecular formula is C21H29NO. The summed E-state index contributed by atoms with van der Waals surface area (Å²) in [5.74, 6) is 1.45. The van der Waals surface area contributed by atoms with Gasteiger partial charge in [0.1, 0.15) is 12.4 Å². The van der Waals surface area contributed by atoms with E-state index in [1.807, 2.05) is 0 Å². The molecule has 2 aromatic carbocycles. The second-order valence-corrected chi connectivity index (χ2v) is 7.29. The molecule has 2 nitrogen and oxygen atoms in total. The monoisotopic (exact) mass is 311 g/mol. The van der Waals surface area contributed by atoms with Gasteiger partial charge in [-0.15, -0.1) is 0 Å². The SMILES string of the molecule is CC(C)c1ccccc1NCCOc1ccc(C(C)(C)C)cc1. The standard InChI is InChI=1S/C21H29NO/c1-16(2)19-8-6-7-9-20(19)22-14-15-23-18-12-10-17(11-13-18)21(3,4)5/h6-13,16,22H,14-15H2,1-5H3. The van der Waals surface area contributed by atoms with Gasteiger partial charge < -0.3 is 10.1 Å². The fourth-order valence-corrected chi connectivity index (χ4v) is 2.57. The molecule has 0 unspecified atom stereocenters. The number of anilines is 1. The maximum atomic E-state index is 5.83. The molecule has 0 aliphatic heterocycles. The average Bonchev–Trinajstić information content (AvgIpc) is 2.51. The number of nitrogens with one attached hydrogen (secondary N) is 1. The highest BCUT2D eigenvalue weighted by molar-refractivity contribution is 5.52. The first-order valence-electron chi connectivity index (χ1n) is 8.44. The molecule has 0 aliphatic carbocycles. The van der Waals surface area contributed by atoms with Crippen molar-refractivity contribution in [2.24, 2.45) is 0 Å². The Morgan fingerprint density at radius 3 is 2.22 bits per heavy atom. The Kier molecular flexibility index (Phi) is 5.70. The molecule has 2 rings (SSSR count). The Morgan fingerprint density at radius 2 is 1.61 bits per heavy atom. The van der Waals surface area contributed by atoms with E-state index >= 15 is 0 Å². The number of para-hydroxylation sites is 1. The molecule has 2 heteroatoms. The van der Waals surface area contributed by atoms with Gasteiger partial charge in [0.15, 0.2) is 0 Å². The maximum Gasteiger partial charge on any atom is 0.119 e. The van der Waals surface area contributed by atoms with Crippen LogP contribution in [0.1, 0.15) is 51.7 Å². The molecule has 0 saturated heterocycles. The molecule has 0 aliphatic rings. The fourth-order valence-electron chi connectivity index (χ4n) is 2.57. The van der Waals surface area contributed by atoms with Gasteiger partial charge in [0, 0.05) is 12.2 Å². The summed E-state index contributed by atoms with van der Waals surface area (Å²) in [5.41, 5.74) is 4.06. The molecule has 1 N–H and O–H groups in total. The van der Waals surface area contributed by atoms with Gasteiger partial charge in [0.05, 0.1) is 0 Å². The van der Waals surface area contributed by atoms with Crippen LogP contribution in [0.3, 0.4) is 0 Å². The lowest BCUT2D eigenvalue weighted by atomic mass is 9.87. The zero-order chi connectivity index (χ0) is 16.9. The molecule has 124 valence electrons. The minimum absolute atomic E-state index is 0.181. The van der Waals surface area contributed by atoms with E-state index in [0.29, 0.717) is 12.5 Å². The van der Waals surface area contributed by atoms with Gasteiger partial charge in [-0.3, -0.25) is 0 Å². The predicted molar refractivity (Wildman–Crippen MR) is 99.7 cm³/mol. The Labute approximate surface area is 140 Å². The third kappa shape index (κ3) is 5.02. The lowest BCUT2D eigenvalue weighted by molar-refractivity contribution is 0.332. The molecule has 0 bridgehead atoms. The summed E-state index contributed by atoms with van der Waals surface area (Å²) < 4.78 is 5.83. The van der Waals surface area contributed by atoms with Gasteiger partial charge in [-0.1, -0.05) is 65.0 Å². The van der Waals surface area contributed by atoms with E-state index in [2.05, 4.69) is 88.5 Å². The van der Waals surface area contributed by atoms with Gasteiger partial charge in [-0.25, -0.2) is 0 Å². The summed E-state index contributed by atoms with van der Waals surface area (Å²) in [7, 11) is 0.